The summed E-state index contributed by atoms with van der Waals surface area (Å²) in [6.45, 7) is 4.75. The normalized spacial score (nSPS) is 14.2. The van der Waals surface area contributed by atoms with Crippen molar-refractivity contribution in [3.05, 3.63) is 59.5 Å². The molecule has 29 heavy (non-hydrogen) atoms. The topological polar surface area (TPSA) is 75.6 Å². The van der Waals surface area contributed by atoms with Crippen molar-refractivity contribution in [2.24, 2.45) is 0 Å². The van der Waals surface area contributed by atoms with E-state index in [4.69, 9.17) is 4.98 Å². The van der Waals surface area contributed by atoms with Crippen molar-refractivity contribution in [2.45, 2.75) is 45.1 Å². The van der Waals surface area contributed by atoms with Crippen LogP contribution in [0.1, 0.15) is 60.3 Å². The zero-order valence-corrected chi connectivity index (χ0v) is 16.8. The number of fused-ring (bicyclic) bond motifs is 2. The van der Waals surface area contributed by atoms with Crippen LogP contribution in [0.4, 0.5) is 0 Å². The minimum absolute atomic E-state index is 0.0533. The Morgan fingerprint density at radius 1 is 1.28 bits per heavy atom. The Kier molecular flexibility index (Phi) is 4.34. The molecule has 0 aliphatic heterocycles. The Labute approximate surface area is 169 Å². The SMILES string of the molecule is CC(C)n1ncc2c(C(=O)NCCc3c[nH]c4ccccc34)cc(C3CC3)nc21. The molecule has 1 aliphatic carbocycles. The third-order valence-corrected chi connectivity index (χ3v) is 5.67. The lowest BCUT2D eigenvalue weighted by atomic mass is 10.1. The average Bonchev–Trinajstić information content (AvgIpc) is 3.36. The lowest BCUT2D eigenvalue weighted by molar-refractivity contribution is 0.0955. The molecular weight excluding hydrogens is 362 g/mol. The highest BCUT2D eigenvalue weighted by atomic mass is 16.1. The van der Waals surface area contributed by atoms with Gasteiger partial charge in [0.15, 0.2) is 5.65 Å². The Morgan fingerprint density at radius 3 is 2.90 bits per heavy atom. The lowest BCUT2D eigenvalue weighted by Crippen LogP contribution is -2.26. The number of aromatic nitrogens is 4. The van der Waals surface area contributed by atoms with Crippen LogP contribution in [0.5, 0.6) is 0 Å². The first-order valence-corrected chi connectivity index (χ1v) is 10.3. The van der Waals surface area contributed by atoms with Crippen LogP contribution in [0.3, 0.4) is 0 Å². The van der Waals surface area contributed by atoms with Crippen molar-refractivity contribution in [3.63, 3.8) is 0 Å². The standard InChI is InChI=1S/C23H25N5O/c1-14(2)28-22-19(13-26-28)18(11-21(27-22)15-7-8-15)23(29)24-10-9-16-12-25-20-6-4-3-5-17(16)20/h3-6,11-15,25H,7-10H2,1-2H3,(H,24,29). The molecule has 1 amide bonds. The Hall–Kier alpha value is -3.15. The molecule has 5 rings (SSSR count). The number of carbonyl (C=O) groups is 1. The molecule has 1 aromatic carbocycles. The molecule has 0 bridgehead atoms. The van der Waals surface area contributed by atoms with Gasteiger partial charge in [-0.3, -0.25) is 4.79 Å². The molecule has 4 aromatic rings. The van der Waals surface area contributed by atoms with Gasteiger partial charge < -0.3 is 10.3 Å². The molecule has 3 aromatic heterocycles. The summed E-state index contributed by atoms with van der Waals surface area (Å²) in [5.74, 6) is 0.426. The van der Waals surface area contributed by atoms with Gasteiger partial charge in [0.25, 0.3) is 5.91 Å². The second-order valence-electron chi connectivity index (χ2n) is 8.15. The summed E-state index contributed by atoms with van der Waals surface area (Å²) in [5.41, 5.74) is 4.85. The van der Waals surface area contributed by atoms with Crippen molar-refractivity contribution >= 4 is 27.8 Å². The molecule has 1 aliphatic rings. The summed E-state index contributed by atoms with van der Waals surface area (Å²) < 4.78 is 1.91. The van der Waals surface area contributed by atoms with Gasteiger partial charge in [-0.05, 0) is 50.8 Å². The monoisotopic (exact) mass is 387 g/mol. The van der Waals surface area contributed by atoms with Crippen molar-refractivity contribution in [2.75, 3.05) is 6.54 Å². The molecule has 0 unspecified atom stereocenters. The predicted molar refractivity (Wildman–Crippen MR) is 114 cm³/mol. The number of nitrogens with zero attached hydrogens (tertiary/aromatic N) is 3. The number of pyridine rings is 1. The first kappa shape index (κ1) is 17.9. The van der Waals surface area contributed by atoms with Gasteiger partial charge in [-0.15, -0.1) is 0 Å². The number of carbonyl (C=O) groups excluding carboxylic acids is 1. The quantitative estimate of drug-likeness (QED) is 0.517. The van der Waals surface area contributed by atoms with Crippen LogP contribution in [0.15, 0.2) is 42.7 Å². The van der Waals surface area contributed by atoms with Gasteiger partial charge in [-0.25, -0.2) is 9.67 Å². The number of nitrogens with one attached hydrogen (secondary N) is 2. The molecule has 0 saturated heterocycles. The minimum Gasteiger partial charge on any atom is -0.361 e. The highest BCUT2D eigenvalue weighted by Gasteiger charge is 2.28. The van der Waals surface area contributed by atoms with E-state index in [0.29, 0.717) is 18.0 Å². The summed E-state index contributed by atoms with van der Waals surface area (Å²) in [6.07, 6.45) is 6.88. The average molecular weight is 387 g/mol. The van der Waals surface area contributed by atoms with Gasteiger partial charge in [0.2, 0.25) is 0 Å². The van der Waals surface area contributed by atoms with E-state index in [1.165, 1.54) is 10.9 Å². The fourth-order valence-electron chi connectivity index (χ4n) is 3.94. The van der Waals surface area contributed by atoms with Crippen LogP contribution in [0.2, 0.25) is 0 Å². The molecular formula is C23H25N5O. The number of para-hydroxylation sites is 1. The molecule has 1 saturated carbocycles. The van der Waals surface area contributed by atoms with Gasteiger partial charge in [-0.2, -0.15) is 5.10 Å². The maximum Gasteiger partial charge on any atom is 0.252 e. The lowest BCUT2D eigenvalue weighted by Gasteiger charge is -2.10. The van der Waals surface area contributed by atoms with E-state index in [1.54, 1.807) is 6.20 Å². The van der Waals surface area contributed by atoms with Gasteiger partial charge in [0.05, 0.1) is 17.1 Å². The largest absolute Gasteiger partial charge is 0.361 e. The van der Waals surface area contributed by atoms with Crippen LogP contribution in [0, 0.1) is 0 Å². The summed E-state index contributed by atoms with van der Waals surface area (Å²) in [4.78, 5) is 21.2. The summed E-state index contributed by atoms with van der Waals surface area (Å²) in [7, 11) is 0. The Bertz CT molecular complexity index is 1200. The zero-order chi connectivity index (χ0) is 20.0. The maximum atomic E-state index is 13.0. The van der Waals surface area contributed by atoms with Crippen molar-refractivity contribution in [1.82, 2.24) is 25.1 Å². The van der Waals surface area contributed by atoms with E-state index in [0.717, 1.165) is 41.5 Å². The zero-order valence-electron chi connectivity index (χ0n) is 16.8. The van der Waals surface area contributed by atoms with Crippen LogP contribution >= 0.6 is 0 Å². The number of aromatic amines is 1. The van der Waals surface area contributed by atoms with E-state index in [9.17, 15) is 4.79 Å². The third-order valence-electron chi connectivity index (χ3n) is 5.67. The molecule has 1 fully saturated rings. The van der Waals surface area contributed by atoms with E-state index in [-0.39, 0.29) is 11.9 Å². The highest BCUT2D eigenvalue weighted by molar-refractivity contribution is 6.05. The smallest absolute Gasteiger partial charge is 0.252 e. The van der Waals surface area contributed by atoms with Crippen LogP contribution in [-0.2, 0) is 6.42 Å². The molecule has 148 valence electrons. The summed E-state index contributed by atoms with van der Waals surface area (Å²) >= 11 is 0. The fraction of sp³-hybridized carbons (Fsp3) is 0.348. The molecule has 0 radical (unpaired) electrons. The number of hydrogen-bond acceptors (Lipinski definition) is 3. The minimum atomic E-state index is -0.0533. The molecule has 6 heteroatoms. The number of H-pyrrole nitrogens is 1. The van der Waals surface area contributed by atoms with Gasteiger partial charge in [0.1, 0.15) is 0 Å². The third kappa shape index (κ3) is 3.28. The van der Waals surface area contributed by atoms with Crippen molar-refractivity contribution in [1.29, 1.82) is 0 Å². The van der Waals surface area contributed by atoms with E-state index < -0.39 is 0 Å². The number of amides is 1. The highest BCUT2D eigenvalue weighted by Crippen LogP contribution is 2.40. The second kappa shape index (κ2) is 7.03. The molecule has 3 heterocycles. The van der Waals surface area contributed by atoms with E-state index in [1.807, 2.05) is 29.1 Å². The van der Waals surface area contributed by atoms with Gasteiger partial charge in [0, 0.05) is 41.3 Å². The van der Waals surface area contributed by atoms with Crippen LogP contribution < -0.4 is 5.32 Å². The van der Waals surface area contributed by atoms with Crippen LogP contribution in [0.25, 0.3) is 21.9 Å². The Morgan fingerprint density at radius 2 is 2.10 bits per heavy atom. The number of rotatable bonds is 6. The number of hydrogen-bond donors (Lipinski definition) is 2. The Balaban J connectivity index is 1.39. The van der Waals surface area contributed by atoms with Crippen LogP contribution in [-0.4, -0.2) is 32.2 Å². The van der Waals surface area contributed by atoms with Gasteiger partial charge >= 0.3 is 0 Å². The van der Waals surface area contributed by atoms with E-state index >= 15 is 0 Å². The van der Waals surface area contributed by atoms with Crippen molar-refractivity contribution in [3.8, 4) is 0 Å². The second-order valence-corrected chi connectivity index (χ2v) is 8.15. The predicted octanol–water partition coefficient (Wildman–Crippen LogP) is 4.34. The molecule has 0 atom stereocenters. The maximum absolute atomic E-state index is 13.0. The first-order chi connectivity index (χ1) is 14.1. The molecule has 2 N–H and O–H groups in total. The van der Waals surface area contributed by atoms with Gasteiger partial charge in [-0.1, -0.05) is 18.2 Å². The van der Waals surface area contributed by atoms with E-state index in [2.05, 4.69) is 41.4 Å². The number of benzene rings is 1. The van der Waals surface area contributed by atoms with Crippen molar-refractivity contribution < 1.29 is 4.79 Å². The molecule has 0 spiro atoms. The fourth-order valence-corrected chi connectivity index (χ4v) is 3.94. The first-order valence-electron chi connectivity index (χ1n) is 10.3. The summed E-state index contributed by atoms with van der Waals surface area (Å²) in [6, 6.07) is 10.4. The molecule has 6 nitrogen and oxygen atoms in total. The summed E-state index contributed by atoms with van der Waals surface area (Å²) in [5, 5.41) is 9.62.